The van der Waals surface area contributed by atoms with Gasteiger partial charge in [-0.15, -0.1) is 0 Å². The van der Waals surface area contributed by atoms with E-state index in [4.69, 9.17) is 35.2 Å². The highest BCUT2D eigenvalue weighted by Gasteiger charge is 2.47. The molecule has 2 aliphatic heterocycles. The first-order chi connectivity index (χ1) is 22.2. The molecular weight excluding hydrogens is 650 g/mol. The molecule has 2 saturated heterocycles. The first-order valence-corrected chi connectivity index (χ1v) is 20.0. The third-order valence-corrected chi connectivity index (χ3v) is 14.6. The third-order valence-electron chi connectivity index (χ3n) is 9.65. The quantitative estimate of drug-likeness (QED) is 0.195. The average Bonchev–Trinajstić information content (AvgIpc) is 2.98. The van der Waals surface area contributed by atoms with Crippen LogP contribution in [0.1, 0.15) is 59.9 Å². The van der Waals surface area contributed by atoms with E-state index in [0.717, 1.165) is 42.9 Å². The molecule has 4 rings (SSSR count). The molecule has 1 aromatic heterocycles. The highest BCUT2D eigenvalue weighted by molar-refractivity contribution is 6.74. The van der Waals surface area contributed by atoms with Gasteiger partial charge in [-0.25, -0.2) is 19.6 Å². The fourth-order valence-corrected chi connectivity index (χ4v) is 7.28. The molecular formula is C35H54ClN5O6Si. The molecule has 0 radical (unpaired) electrons. The molecule has 0 aliphatic carbocycles. The second kappa shape index (κ2) is 14.4. The highest BCUT2D eigenvalue weighted by Crippen LogP contribution is 2.44. The van der Waals surface area contributed by atoms with Crippen LogP contribution >= 0.6 is 11.6 Å². The lowest BCUT2D eigenvalue weighted by Crippen LogP contribution is -2.61. The lowest BCUT2D eigenvalue weighted by Gasteiger charge is -2.54. The van der Waals surface area contributed by atoms with Crippen LogP contribution in [0.2, 0.25) is 23.3 Å². The molecule has 0 bridgehead atoms. The Morgan fingerprint density at radius 3 is 2.31 bits per heavy atom. The van der Waals surface area contributed by atoms with Crippen LogP contribution in [0, 0.1) is 12.3 Å². The van der Waals surface area contributed by atoms with Crippen LogP contribution in [0.3, 0.4) is 0 Å². The van der Waals surface area contributed by atoms with Gasteiger partial charge >= 0.3 is 12.2 Å². The van der Waals surface area contributed by atoms with Gasteiger partial charge in [-0.3, -0.25) is 0 Å². The molecule has 2 amide bonds. The summed E-state index contributed by atoms with van der Waals surface area (Å²) in [6.45, 7) is 22.1. The topological polar surface area (TPSA) is 107 Å². The summed E-state index contributed by atoms with van der Waals surface area (Å²) in [7, 11) is 0.953. The van der Waals surface area contributed by atoms with E-state index in [2.05, 4.69) is 43.7 Å². The number of carbonyl (C=O) groups excluding carboxylic acids is 2. The summed E-state index contributed by atoms with van der Waals surface area (Å²) in [5, 5.41) is 0.391. The lowest BCUT2D eigenvalue weighted by atomic mass is 9.72. The summed E-state index contributed by atoms with van der Waals surface area (Å²) in [6.07, 6.45) is 0.814. The first-order valence-electron chi connectivity index (χ1n) is 16.7. The van der Waals surface area contributed by atoms with Gasteiger partial charge in [-0.05, 0) is 70.8 Å². The number of hydrogen-bond acceptors (Lipinski definition) is 9. The number of halogens is 1. The van der Waals surface area contributed by atoms with Crippen LogP contribution in [-0.2, 0) is 13.9 Å². The van der Waals surface area contributed by atoms with Gasteiger partial charge in [0.2, 0.25) is 0 Å². The highest BCUT2D eigenvalue weighted by atomic mass is 35.5. The molecule has 0 saturated carbocycles. The Kier molecular flexibility index (Phi) is 11.3. The number of ether oxygens (including phenoxy) is 3. The zero-order chi connectivity index (χ0) is 35.7. The molecule has 266 valence electrons. The van der Waals surface area contributed by atoms with Crippen molar-refractivity contribution in [3.63, 3.8) is 0 Å². The maximum Gasteiger partial charge on any atom is 0.410 e. The molecule has 0 unspecified atom stereocenters. The Hall–Kier alpha value is -3.09. The summed E-state index contributed by atoms with van der Waals surface area (Å²) in [6, 6.07) is 7.65. The molecule has 13 heteroatoms. The number of amides is 2. The molecule has 1 atom stereocenters. The number of piperidine rings is 1. The van der Waals surface area contributed by atoms with Crippen LogP contribution in [0.4, 0.5) is 15.4 Å². The number of methoxy groups -OCH3 is 1. The SMILES string of the molecule is COC(=O)N1CCC2(CC1)CN(c1nc(-c3cccc(OC[C@@H](CN(C)C(=O)OC(C)(C)C)O[Si](C)(C)C(C)(C)C)c3)nc(Cl)c1C)C2. The van der Waals surface area contributed by atoms with Gasteiger partial charge in [0.15, 0.2) is 14.1 Å². The fourth-order valence-electron chi connectivity index (χ4n) is 5.79. The van der Waals surface area contributed by atoms with Gasteiger partial charge in [0.1, 0.15) is 28.9 Å². The van der Waals surface area contributed by atoms with Gasteiger partial charge in [-0.2, -0.15) is 0 Å². The monoisotopic (exact) mass is 703 g/mol. The minimum atomic E-state index is -2.19. The van der Waals surface area contributed by atoms with Gasteiger partial charge in [0.25, 0.3) is 0 Å². The second-order valence-corrected chi connectivity index (χ2v) is 20.9. The molecule has 11 nitrogen and oxygen atoms in total. The van der Waals surface area contributed by atoms with Gasteiger partial charge in [0, 0.05) is 49.8 Å². The summed E-state index contributed by atoms with van der Waals surface area (Å²) < 4.78 is 23.6. The first kappa shape index (κ1) is 37.7. The predicted molar refractivity (Wildman–Crippen MR) is 192 cm³/mol. The molecule has 1 aromatic carbocycles. The van der Waals surface area contributed by atoms with E-state index in [0.29, 0.717) is 36.4 Å². The summed E-state index contributed by atoms with van der Waals surface area (Å²) in [4.78, 5) is 39.9. The fraction of sp³-hybridized carbons (Fsp3) is 0.657. The Morgan fingerprint density at radius 1 is 1.08 bits per heavy atom. The van der Waals surface area contributed by atoms with E-state index in [-0.39, 0.29) is 29.3 Å². The van der Waals surface area contributed by atoms with E-state index in [1.165, 1.54) is 7.11 Å². The maximum atomic E-state index is 12.8. The Balaban J connectivity index is 1.47. The minimum Gasteiger partial charge on any atom is -0.491 e. The Bertz CT molecular complexity index is 1460. The van der Waals surface area contributed by atoms with Crippen molar-refractivity contribution < 1.29 is 28.2 Å². The zero-order valence-electron chi connectivity index (χ0n) is 30.6. The lowest BCUT2D eigenvalue weighted by molar-refractivity contribution is 0.0172. The number of hydrogen-bond donors (Lipinski definition) is 0. The van der Waals surface area contributed by atoms with Crippen LogP contribution < -0.4 is 9.64 Å². The van der Waals surface area contributed by atoms with Gasteiger partial charge in [-0.1, -0.05) is 44.5 Å². The van der Waals surface area contributed by atoms with Crippen molar-refractivity contribution in [2.75, 3.05) is 58.4 Å². The number of carbonyl (C=O) groups is 2. The Morgan fingerprint density at radius 2 is 1.73 bits per heavy atom. The normalized spacial score (nSPS) is 17.1. The third kappa shape index (κ3) is 9.12. The van der Waals surface area contributed by atoms with E-state index in [1.54, 1.807) is 16.8 Å². The van der Waals surface area contributed by atoms with E-state index in [1.807, 2.05) is 52.0 Å². The van der Waals surface area contributed by atoms with Crippen LogP contribution in [0.5, 0.6) is 5.75 Å². The number of nitrogens with zero attached hydrogens (tertiary/aromatic N) is 5. The number of benzene rings is 1. The molecule has 0 N–H and O–H groups in total. The molecule has 2 aromatic rings. The van der Waals surface area contributed by atoms with Gasteiger partial charge < -0.3 is 33.3 Å². The summed E-state index contributed by atoms with van der Waals surface area (Å²) in [5.74, 6) is 1.98. The van der Waals surface area contributed by atoms with Crippen molar-refractivity contribution in [1.82, 2.24) is 19.8 Å². The van der Waals surface area contributed by atoms with E-state index < -0.39 is 20.0 Å². The molecule has 1 spiro atoms. The summed E-state index contributed by atoms with van der Waals surface area (Å²) in [5.41, 5.74) is 1.18. The summed E-state index contributed by atoms with van der Waals surface area (Å²) >= 11 is 6.67. The number of rotatable bonds is 9. The smallest absolute Gasteiger partial charge is 0.410 e. The number of aromatic nitrogens is 2. The van der Waals surface area contributed by atoms with Crippen molar-refractivity contribution in [2.24, 2.45) is 5.41 Å². The number of likely N-dealkylation sites (tertiary alicyclic amines) is 1. The zero-order valence-corrected chi connectivity index (χ0v) is 32.4. The van der Waals surface area contributed by atoms with Crippen LogP contribution in [-0.4, -0.2) is 105 Å². The van der Waals surface area contributed by atoms with Crippen molar-refractivity contribution >= 4 is 37.9 Å². The average molecular weight is 704 g/mol. The van der Waals surface area contributed by atoms with Gasteiger partial charge in [0.05, 0.1) is 19.8 Å². The van der Waals surface area contributed by atoms with Crippen molar-refractivity contribution in [3.8, 4) is 17.1 Å². The molecule has 2 aliphatic rings. The predicted octanol–water partition coefficient (Wildman–Crippen LogP) is 7.41. The molecule has 2 fully saturated rings. The van der Waals surface area contributed by atoms with Crippen molar-refractivity contribution in [3.05, 3.63) is 35.0 Å². The Labute approximate surface area is 292 Å². The second-order valence-electron chi connectivity index (χ2n) is 15.8. The van der Waals surface area contributed by atoms with Crippen LogP contribution in [0.25, 0.3) is 11.4 Å². The van der Waals surface area contributed by atoms with E-state index in [9.17, 15) is 9.59 Å². The molecule has 3 heterocycles. The number of likely N-dealkylation sites (N-methyl/N-ethyl adjacent to an activating group) is 1. The van der Waals surface area contributed by atoms with Crippen molar-refractivity contribution in [2.45, 2.75) is 91.1 Å². The molecule has 48 heavy (non-hydrogen) atoms. The standard InChI is InChI=1S/C35H54ClN5O6Si/c1-24-28(36)37-29(38-30(24)41-22-35(23-41)15-17-40(18-16-35)32(43)44-9)25-13-12-14-26(19-25)45-21-27(47-48(10,11)34(5,6)7)20-39(8)31(42)46-33(2,3)4/h12-14,19,27H,15-18,20-23H2,1-11H3/t27-/m1/s1. The van der Waals surface area contributed by atoms with Crippen molar-refractivity contribution in [1.29, 1.82) is 0 Å². The maximum absolute atomic E-state index is 12.8. The number of anilines is 1. The largest absolute Gasteiger partial charge is 0.491 e. The minimum absolute atomic E-state index is 0.0219. The van der Waals surface area contributed by atoms with E-state index >= 15 is 0 Å². The van der Waals surface area contributed by atoms with Crippen LogP contribution in [0.15, 0.2) is 24.3 Å².